The van der Waals surface area contributed by atoms with Crippen LogP contribution in [0.5, 0.6) is 5.88 Å². The number of piperidine rings is 1. The van der Waals surface area contributed by atoms with Crippen molar-refractivity contribution in [3.63, 3.8) is 0 Å². The minimum atomic E-state index is -4.89. The van der Waals surface area contributed by atoms with Gasteiger partial charge in [0.25, 0.3) is 0 Å². The maximum atomic E-state index is 14.8. The average Bonchev–Trinajstić information content (AvgIpc) is 3.66. The Morgan fingerprint density at radius 3 is 2.45 bits per heavy atom. The molecule has 2 aliphatic rings. The van der Waals surface area contributed by atoms with E-state index >= 15 is 0 Å². The Bertz CT molecular complexity index is 1820. The molecule has 12 nitrogen and oxygen atoms in total. The first-order valence-corrected chi connectivity index (χ1v) is 14.9. The predicted octanol–water partition coefficient (Wildman–Crippen LogP) is 4.63. The highest BCUT2D eigenvalue weighted by Crippen LogP contribution is 2.43. The quantitative estimate of drug-likeness (QED) is 0.210. The lowest BCUT2D eigenvalue weighted by atomic mass is 9.76. The number of hydrogen-bond donors (Lipinski definition) is 4. The molecular weight excluding hydrogens is 619 g/mol. The molecule has 2 fully saturated rings. The van der Waals surface area contributed by atoms with Gasteiger partial charge in [-0.2, -0.15) is 28.2 Å². The number of nitrogens with one attached hydrogen (secondary N) is 1. The highest BCUT2D eigenvalue weighted by Gasteiger charge is 2.46. The van der Waals surface area contributed by atoms with Crippen LogP contribution in [0.15, 0.2) is 60.8 Å². The molecule has 4 aromatic rings. The number of halogens is 3. The van der Waals surface area contributed by atoms with Crippen LogP contribution in [0.25, 0.3) is 16.8 Å². The van der Waals surface area contributed by atoms with Gasteiger partial charge in [0.1, 0.15) is 11.9 Å². The van der Waals surface area contributed by atoms with Crippen molar-refractivity contribution < 1.29 is 37.7 Å². The van der Waals surface area contributed by atoms with E-state index in [-0.39, 0.29) is 34.1 Å². The number of nitrogens with zero attached hydrogens (tertiary/aromatic N) is 5. The number of carboxylic acids is 2. The zero-order chi connectivity index (χ0) is 33.5. The number of aromatic carboxylic acids is 1. The topological polar surface area (TPSA) is 169 Å². The molecule has 0 bridgehead atoms. The molecule has 246 valence electrons. The lowest BCUT2D eigenvalue weighted by molar-refractivity contribution is -0.198. The van der Waals surface area contributed by atoms with Gasteiger partial charge in [-0.15, -0.1) is 0 Å². The van der Waals surface area contributed by atoms with E-state index in [1.165, 1.54) is 47.3 Å². The van der Waals surface area contributed by atoms with E-state index < -0.39 is 30.3 Å². The Kier molecular flexibility index (Phi) is 8.26. The van der Waals surface area contributed by atoms with Gasteiger partial charge in [0, 0.05) is 37.5 Å². The number of carbonyl (C=O) groups is 2. The first kappa shape index (κ1) is 31.8. The predicted molar refractivity (Wildman–Crippen MR) is 164 cm³/mol. The maximum Gasteiger partial charge on any atom is 0.429 e. The van der Waals surface area contributed by atoms with E-state index in [4.69, 9.17) is 10.5 Å². The van der Waals surface area contributed by atoms with Crippen LogP contribution in [0.4, 0.5) is 24.9 Å². The number of aryl methyl sites for hydroxylation is 1. The largest absolute Gasteiger partial charge is 0.480 e. The Balaban J connectivity index is 1.31. The van der Waals surface area contributed by atoms with Gasteiger partial charge >= 0.3 is 18.1 Å². The Morgan fingerprint density at radius 1 is 1.06 bits per heavy atom. The lowest BCUT2D eigenvalue weighted by Crippen LogP contribution is -2.41. The molecule has 2 aromatic carbocycles. The molecule has 15 heteroatoms. The summed E-state index contributed by atoms with van der Waals surface area (Å²) >= 11 is 0. The Morgan fingerprint density at radius 2 is 1.81 bits per heavy atom. The number of rotatable bonds is 8. The van der Waals surface area contributed by atoms with Crippen LogP contribution in [0.1, 0.15) is 47.0 Å². The molecule has 4 heterocycles. The fraction of sp³-hybridized carbons (Fsp3) is 0.344. The summed E-state index contributed by atoms with van der Waals surface area (Å²) < 4.78 is 51.4. The van der Waals surface area contributed by atoms with Crippen molar-refractivity contribution in [2.24, 2.45) is 5.41 Å². The number of benzene rings is 2. The second kappa shape index (κ2) is 12.2. The standard InChI is InChI=1S/C32H32F3N7O5/c1-18-7-10-42(40-18)24-14-20(19-3-2-4-21(13-19)28(43)44)5-6-22(24)27(32(33,34)35)47-26-15-25(38-30(36)39-26)41-11-8-31(9-12-41)16-23(29(45)46)37-17-31/h2-7,10,13-15,23,27,37H,8-9,11-12,16-17H2,1H3,(H,43,44)(H,45,46)(H2,36,38,39)/t23-,27?/m0/s1. The third-order valence-corrected chi connectivity index (χ3v) is 8.77. The third-order valence-electron chi connectivity index (χ3n) is 8.77. The van der Waals surface area contributed by atoms with Gasteiger partial charge in [-0.3, -0.25) is 4.79 Å². The van der Waals surface area contributed by atoms with Crippen LogP contribution in [-0.2, 0) is 4.79 Å². The molecule has 47 heavy (non-hydrogen) atoms. The van der Waals surface area contributed by atoms with Crippen LogP contribution in [0, 0.1) is 12.3 Å². The number of alkyl halides is 3. The fourth-order valence-electron chi connectivity index (χ4n) is 6.29. The van der Waals surface area contributed by atoms with Crippen molar-refractivity contribution in [2.75, 3.05) is 30.3 Å². The van der Waals surface area contributed by atoms with Gasteiger partial charge in [0.2, 0.25) is 17.9 Å². The van der Waals surface area contributed by atoms with E-state index in [0.717, 1.165) is 0 Å². The van der Waals surface area contributed by atoms with Crippen LogP contribution in [0.3, 0.4) is 0 Å². The molecule has 2 atom stereocenters. The zero-order valence-corrected chi connectivity index (χ0v) is 25.2. The Hall–Kier alpha value is -5.18. The second-order valence-corrected chi connectivity index (χ2v) is 12.0. The third kappa shape index (κ3) is 6.70. The number of nitrogen functional groups attached to an aromatic ring is 1. The molecule has 2 aliphatic heterocycles. The highest BCUT2D eigenvalue weighted by molar-refractivity contribution is 5.89. The molecule has 0 radical (unpaired) electrons. The van der Waals surface area contributed by atoms with Crippen molar-refractivity contribution in [1.82, 2.24) is 25.1 Å². The summed E-state index contributed by atoms with van der Waals surface area (Å²) in [6, 6.07) is 12.7. The first-order valence-electron chi connectivity index (χ1n) is 14.9. The summed E-state index contributed by atoms with van der Waals surface area (Å²) in [4.78, 5) is 33.1. The first-order chi connectivity index (χ1) is 22.3. The highest BCUT2D eigenvalue weighted by atomic mass is 19.4. The molecule has 1 spiro atoms. The summed E-state index contributed by atoms with van der Waals surface area (Å²) in [7, 11) is 0. The second-order valence-electron chi connectivity index (χ2n) is 12.0. The summed E-state index contributed by atoms with van der Waals surface area (Å²) in [5.74, 6) is -2.34. The lowest BCUT2D eigenvalue weighted by Gasteiger charge is -2.39. The van der Waals surface area contributed by atoms with Crippen molar-refractivity contribution in [3.05, 3.63) is 77.6 Å². The van der Waals surface area contributed by atoms with Gasteiger partial charge in [0.05, 0.1) is 16.9 Å². The zero-order valence-electron chi connectivity index (χ0n) is 25.2. The number of nitrogens with two attached hydrogens (primary N) is 1. The van der Waals surface area contributed by atoms with Gasteiger partial charge in [-0.1, -0.05) is 24.3 Å². The van der Waals surface area contributed by atoms with Crippen LogP contribution in [0.2, 0.25) is 0 Å². The monoisotopic (exact) mass is 651 g/mol. The van der Waals surface area contributed by atoms with Gasteiger partial charge in [0.15, 0.2) is 0 Å². The van der Waals surface area contributed by atoms with E-state index in [1.807, 2.05) is 4.90 Å². The minimum Gasteiger partial charge on any atom is -0.480 e. The van der Waals surface area contributed by atoms with Gasteiger partial charge in [-0.25, -0.2) is 9.48 Å². The SMILES string of the molecule is Cc1ccn(-c2cc(-c3cccc(C(=O)O)c3)ccc2C(Oc2cc(N3CCC4(CC3)CN[C@H](C(=O)O)C4)nc(N)n2)C(F)(F)F)n1. The van der Waals surface area contributed by atoms with E-state index in [0.29, 0.717) is 61.5 Å². The minimum absolute atomic E-state index is 0.0324. The van der Waals surface area contributed by atoms with E-state index in [1.54, 1.807) is 25.1 Å². The van der Waals surface area contributed by atoms with Crippen molar-refractivity contribution in [1.29, 1.82) is 0 Å². The molecule has 0 saturated carbocycles. The summed E-state index contributed by atoms with van der Waals surface area (Å²) in [5, 5.41) is 26.2. The number of carboxylic acid groups (broad SMARTS) is 2. The normalized spacial score (nSPS) is 18.3. The average molecular weight is 652 g/mol. The van der Waals surface area contributed by atoms with Crippen molar-refractivity contribution in [3.8, 4) is 22.7 Å². The van der Waals surface area contributed by atoms with Crippen LogP contribution >= 0.6 is 0 Å². The Labute approximate surface area is 267 Å². The molecule has 6 rings (SSSR count). The maximum absolute atomic E-state index is 14.8. The number of ether oxygens (including phenoxy) is 1. The van der Waals surface area contributed by atoms with Crippen LogP contribution < -0.4 is 20.7 Å². The number of hydrogen-bond acceptors (Lipinski definition) is 9. The van der Waals surface area contributed by atoms with E-state index in [9.17, 15) is 33.0 Å². The van der Waals surface area contributed by atoms with Crippen molar-refractivity contribution >= 4 is 23.7 Å². The van der Waals surface area contributed by atoms with Crippen LogP contribution in [-0.4, -0.2) is 73.8 Å². The molecule has 1 unspecified atom stereocenters. The van der Waals surface area contributed by atoms with E-state index in [2.05, 4.69) is 20.4 Å². The fourth-order valence-corrected chi connectivity index (χ4v) is 6.29. The molecule has 0 aliphatic carbocycles. The summed E-state index contributed by atoms with van der Waals surface area (Å²) in [5.41, 5.74) is 7.18. The molecule has 0 amide bonds. The smallest absolute Gasteiger partial charge is 0.429 e. The molecule has 2 saturated heterocycles. The molecule has 5 N–H and O–H groups in total. The molecule has 2 aromatic heterocycles. The molecular formula is C32H32F3N7O5. The number of aliphatic carboxylic acids is 1. The van der Waals surface area contributed by atoms with Gasteiger partial charge in [-0.05, 0) is 67.0 Å². The van der Waals surface area contributed by atoms with Crippen molar-refractivity contribution in [2.45, 2.75) is 44.5 Å². The van der Waals surface area contributed by atoms with Gasteiger partial charge < -0.3 is 30.9 Å². The summed E-state index contributed by atoms with van der Waals surface area (Å²) in [6.07, 6.45) is -4.00. The number of anilines is 2. The summed E-state index contributed by atoms with van der Waals surface area (Å²) in [6.45, 7) is 3.28. The number of aromatic nitrogens is 4.